The van der Waals surface area contributed by atoms with Crippen molar-refractivity contribution in [2.75, 3.05) is 11.9 Å². The minimum Gasteiger partial charge on any atom is -0.491 e. The number of ether oxygens (including phenoxy) is 1. The van der Waals surface area contributed by atoms with Gasteiger partial charge in [-0.1, -0.05) is 30.3 Å². The summed E-state index contributed by atoms with van der Waals surface area (Å²) in [5, 5.41) is 14.4. The first-order valence-corrected chi connectivity index (χ1v) is 6.39. The first kappa shape index (κ1) is 12.5. The fraction of sp³-hybridized carbons (Fsp3) is 0.200. The van der Waals surface area contributed by atoms with E-state index >= 15 is 0 Å². The number of para-hydroxylation sites is 2. The normalized spacial score (nSPS) is 16.4. The average Bonchev–Trinajstić information content (AvgIpc) is 2.84. The largest absolute Gasteiger partial charge is 0.491 e. The summed E-state index contributed by atoms with van der Waals surface area (Å²) < 4.78 is 5.59. The number of rotatable bonds is 3. The number of hydrogen-bond acceptors (Lipinski definition) is 4. The van der Waals surface area contributed by atoms with E-state index in [-0.39, 0.29) is 16.7 Å². The van der Waals surface area contributed by atoms with Crippen LogP contribution in [0.3, 0.4) is 0 Å². The fourth-order valence-electron chi connectivity index (χ4n) is 2.45. The molecule has 1 heterocycles. The Kier molecular flexibility index (Phi) is 3.02. The van der Waals surface area contributed by atoms with Gasteiger partial charge in [0.2, 0.25) is 0 Å². The van der Waals surface area contributed by atoms with Crippen LogP contribution in [0.4, 0.5) is 11.4 Å². The lowest BCUT2D eigenvalue weighted by atomic mass is 10.1. The number of anilines is 1. The van der Waals surface area contributed by atoms with Crippen LogP contribution in [0.5, 0.6) is 5.75 Å². The number of benzene rings is 2. The molecule has 1 aliphatic rings. The van der Waals surface area contributed by atoms with Crippen molar-refractivity contribution < 1.29 is 9.66 Å². The van der Waals surface area contributed by atoms with Crippen molar-refractivity contribution in [3.63, 3.8) is 0 Å². The summed E-state index contributed by atoms with van der Waals surface area (Å²) in [7, 11) is 0. The molecule has 2 aromatic rings. The van der Waals surface area contributed by atoms with Gasteiger partial charge >= 0.3 is 0 Å². The quantitative estimate of drug-likeness (QED) is 0.685. The van der Waals surface area contributed by atoms with E-state index in [1.165, 1.54) is 6.07 Å². The minimum absolute atomic E-state index is 0.0639. The summed E-state index contributed by atoms with van der Waals surface area (Å²) >= 11 is 0. The number of nitro groups is 1. The lowest BCUT2D eigenvalue weighted by molar-refractivity contribution is -0.384. The molecular formula is C15H14N2O3. The topological polar surface area (TPSA) is 64.4 Å². The van der Waals surface area contributed by atoms with Crippen LogP contribution in [0.1, 0.15) is 17.2 Å². The summed E-state index contributed by atoms with van der Waals surface area (Å²) in [6, 6.07) is 12.7. The van der Waals surface area contributed by atoms with Crippen LogP contribution < -0.4 is 10.1 Å². The van der Waals surface area contributed by atoms with E-state index in [0.29, 0.717) is 12.3 Å². The Labute approximate surface area is 116 Å². The Morgan fingerprint density at radius 2 is 2.05 bits per heavy atom. The molecule has 2 aromatic carbocycles. The van der Waals surface area contributed by atoms with E-state index in [9.17, 15) is 10.1 Å². The Hall–Kier alpha value is -2.56. The van der Waals surface area contributed by atoms with Gasteiger partial charge < -0.3 is 10.1 Å². The maximum Gasteiger partial charge on any atom is 0.292 e. The molecule has 1 atom stereocenters. The van der Waals surface area contributed by atoms with E-state index < -0.39 is 0 Å². The molecule has 5 nitrogen and oxygen atoms in total. The molecule has 1 unspecified atom stereocenters. The summed E-state index contributed by atoms with van der Waals surface area (Å²) in [5.41, 5.74) is 2.53. The molecule has 0 amide bonds. The van der Waals surface area contributed by atoms with Crippen molar-refractivity contribution in [3.8, 4) is 5.75 Å². The predicted octanol–water partition coefficient (Wildman–Crippen LogP) is 3.45. The standard InChI is InChI=1S/C15H14N2O3/c1-10-5-4-7-13(17(18)19)15(10)16-12-9-20-14-8-3-2-6-11(12)14/h2-8,12,16H,9H2,1H3. The van der Waals surface area contributed by atoms with Crippen molar-refractivity contribution in [2.45, 2.75) is 13.0 Å². The zero-order valence-electron chi connectivity index (χ0n) is 11.0. The van der Waals surface area contributed by atoms with Crippen molar-refractivity contribution in [1.29, 1.82) is 0 Å². The third kappa shape index (κ3) is 2.07. The van der Waals surface area contributed by atoms with Crippen LogP contribution in [0, 0.1) is 17.0 Å². The molecule has 20 heavy (non-hydrogen) atoms. The molecule has 102 valence electrons. The van der Waals surface area contributed by atoms with Crippen molar-refractivity contribution in [2.24, 2.45) is 0 Å². The number of fused-ring (bicyclic) bond motifs is 1. The molecule has 0 bridgehead atoms. The fourth-order valence-corrected chi connectivity index (χ4v) is 2.45. The molecule has 0 aliphatic carbocycles. The van der Waals surface area contributed by atoms with Gasteiger partial charge in [0.1, 0.15) is 18.0 Å². The van der Waals surface area contributed by atoms with Gasteiger partial charge in [0.25, 0.3) is 5.69 Å². The number of aryl methyl sites for hydroxylation is 1. The third-order valence-electron chi connectivity index (χ3n) is 3.47. The average molecular weight is 270 g/mol. The highest BCUT2D eigenvalue weighted by Crippen LogP contribution is 2.37. The molecule has 0 aromatic heterocycles. The molecule has 0 radical (unpaired) electrons. The Balaban J connectivity index is 1.95. The number of nitrogens with zero attached hydrogens (tertiary/aromatic N) is 1. The van der Waals surface area contributed by atoms with Crippen LogP contribution in [0.15, 0.2) is 42.5 Å². The molecule has 0 saturated carbocycles. The first-order chi connectivity index (χ1) is 9.66. The van der Waals surface area contributed by atoms with Gasteiger partial charge in [0.15, 0.2) is 0 Å². The minimum atomic E-state index is -0.364. The second-order valence-corrected chi connectivity index (χ2v) is 4.77. The Morgan fingerprint density at radius 1 is 1.25 bits per heavy atom. The summed E-state index contributed by atoms with van der Waals surface area (Å²) in [6.45, 7) is 2.34. The maximum atomic E-state index is 11.1. The van der Waals surface area contributed by atoms with Gasteiger partial charge in [0, 0.05) is 11.6 Å². The number of nitro benzene ring substituents is 1. The zero-order valence-corrected chi connectivity index (χ0v) is 11.0. The SMILES string of the molecule is Cc1cccc([N+](=O)[O-])c1NC1COc2ccccc21. The second-order valence-electron chi connectivity index (χ2n) is 4.77. The van der Waals surface area contributed by atoms with E-state index in [1.54, 1.807) is 6.07 Å². The van der Waals surface area contributed by atoms with Crippen LogP contribution >= 0.6 is 0 Å². The highest BCUT2D eigenvalue weighted by molar-refractivity contribution is 5.67. The van der Waals surface area contributed by atoms with E-state index in [2.05, 4.69) is 5.32 Å². The third-order valence-corrected chi connectivity index (χ3v) is 3.47. The van der Waals surface area contributed by atoms with Crippen molar-refractivity contribution in [3.05, 3.63) is 63.7 Å². The first-order valence-electron chi connectivity index (χ1n) is 6.39. The molecule has 0 spiro atoms. The highest BCUT2D eigenvalue weighted by Gasteiger charge is 2.26. The van der Waals surface area contributed by atoms with Crippen molar-refractivity contribution in [1.82, 2.24) is 0 Å². The van der Waals surface area contributed by atoms with E-state index in [0.717, 1.165) is 16.9 Å². The summed E-state index contributed by atoms with van der Waals surface area (Å²) in [5.74, 6) is 0.834. The van der Waals surface area contributed by atoms with Gasteiger partial charge in [-0.15, -0.1) is 0 Å². The highest BCUT2D eigenvalue weighted by atomic mass is 16.6. The lowest BCUT2D eigenvalue weighted by Crippen LogP contribution is -2.14. The second kappa shape index (κ2) is 4.85. The van der Waals surface area contributed by atoms with Gasteiger partial charge in [-0.3, -0.25) is 10.1 Å². The summed E-state index contributed by atoms with van der Waals surface area (Å²) in [4.78, 5) is 10.8. The van der Waals surface area contributed by atoms with Gasteiger partial charge in [0.05, 0.1) is 11.0 Å². The van der Waals surface area contributed by atoms with Gasteiger partial charge in [-0.25, -0.2) is 0 Å². The van der Waals surface area contributed by atoms with Gasteiger partial charge in [-0.2, -0.15) is 0 Å². The molecule has 5 heteroatoms. The molecule has 1 N–H and O–H groups in total. The van der Waals surface area contributed by atoms with Crippen LogP contribution in [-0.2, 0) is 0 Å². The molecule has 0 fully saturated rings. The molecular weight excluding hydrogens is 256 g/mol. The van der Waals surface area contributed by atoms with Crippen LogP contribution in [0.25, 0.3) is 0 Å². The Bertz CT molecular complexity index is 670. The smallest absolute Gasteiger partial charge is 0.292 e. The summed E-state index contributed by atoms with van der Waals surface area (Å²) in [6.07, 6.45) is 0. The number of hydrogen-bond donors (Lipinski definition) is 1. The van der Waals surface area contributed by atoms with E-state index in [1.807, 2.05) is 37.3 Å². The maximum absolute atomic E-state index is 11.1. The van der Waals surface area contributed by atoms with E-state index in [4.69, 9.17) is 4.74 Å². The van der Waals surface area contributed by atoms with Crippen molar-refractivity contribution >= 4 is 11.4 Å². The molecule has 0 saturated heterocycles. The molecule has 1 aliphatic heterocycles. The lowest BCUT2D eigenvalue weighted by Gasteiger charge is -2.15. The zero-order chi connectivity index (χ0) is 14.1. The van der Waals surface area contributed by atoms with Crippen LogP contribution in [0.2, 0.25) is 0 Å². The predicted molar refractivity (Wildman–Crippen MR) is 76.1 cm³/mol. The van der Waals surface area contributed by atoms with Gasteiger partial charge in [-0.05, 0) is 18.6 Å². The number of nitrogens with one attached hydrogen (secondary N) is 1. The Morgan fingerprint density at radius 3 is 2.85 bits per heavy atom. The molecule has 3 rings (SSSR count). The monoisotopic (exact) mass is 270 g/mol. The van der Waals surface area contributed by atoms with Crippen LogP contribution in [-0.4, -0.2) is 11.5 Å².